The van der Waals surface area contributed by atoms with Gasteiger partial charge in [-0.3, -0.25) is 13.9 Å². The molecule has 0 bridgehead atoms. The van der Waals surface area contributed by atoms with Gasteiger partial charge < -0.3 is 14.9 Å². The van der Waals surface area contributed by atoms with Crippen molar-refractivity contribution in [2.75, 3.05) is 6.61 Å². The number of benzene rings is 1. The second-order valence-corrected chi connectivity index (χ2v) is 5.74. The molecule has 0 radical (unpaired) electrons. The van der Waals surface area contributed by atoms with Crippen LogP contribution in [-0.4, -0.2) is 44.3 Å². The summed E-state index contributed by atoms with van der Waals surface area (Å²) in [6.07, 6.45) is -5.06. The third-order valence-corrected chi connectivity index (χ3v) is 4.10. The molecule has 7 nitrogen and oxygen atoms in total. The summed E-state index contributed by atoms with van der Waals surface area (Å²) in [4.78, 5) is 24.6. The second kappa shape index (κ2) is 6.87. The normalized spacial score (nSPS) is 26.1. The molecule has 25 heavy (non-hydrogen) atoms. The number of ether oxygens (including phenoxy) is 1. The summed E-state index contributed by atoms with van der Waals surface area (Å²) < 4.78 is 34.1. The molecule has 2 heterocycles. The van der Waals surface area contributed by atoms with Crippen molar-refractivity contribution in [1.82, 2.24) is 9.13 Å². The lowest BCUT2D eigenvalue weighted by atomic mass is 10.1. The zero-order valence-electron chi connectivity index (χ0n) is 13.0. The fraction of sp³-hybridized carbons (Fsp3) is 0.375. The monoisotopic (exact) mass is 354 g/mol. The van der Waals surface area contributed by atoms with E-state index in [1.807, 2.05) is 0 Å². The maximum absolute atomic E-state index is 14.2. The largest absolute Gasteiger partial charge is 0.394 e. The van der Waals surface area contributed by atoms with Crippen molar-refractivity contribution in [1.29, 1.82) is 0 Å². The number of aromatic nitrogens is 2. The number of alkyl halides is 1. The number of hydrogen-bond donors (Lipinski definition) is 2. The molecule has 0 saturated carbocycles. The molecule has 0 amide bonds. The van der Waals surface area contributed by atoms with E-state index >= 15 is 0 Å². The van der Waals surface area contributed by atoms with Gasteiger partial charge in [-0.15, -0.1) is 0 Å². The van der Waals surface area contributed by atoms with Crippen LogP contribution in [0.4, 0.5) is 8.78 Å². The Morgan fingerprint density at radius 2 is 1.84 bits per heavy atom. The predicted octanol–water partition coefficient (Wildman–Crippen LogP) is -0.214. The third-order valence-electron chi connectivity index (χ3n) is 4.10. The van der Waals surface area contributed by atoms with Crippen LogP contribution in [0.1, 0.15) is 11.8 Å². The van der Waals surface area contributed by atoms with Gasteiger partial charge >= 0.3 is 5.69 Å². The Hall–Kier alpha value is -2.36. The number of aliphatic hydroxyl groups is 2. The van der Waals surface area contributed by atoms with Crippen LogP contribution < -0.4 is 11.2 Å². The zero-order valence-corrected chi connectivity index (χ0v) is 13.0. The van der Waals surface area contributed by atoms with Crippen molar-refractivity contribution >= 4 is 0 Å². The standard InChI is InChI=1S/C16H16F2N2O5/c17-10-3-1-9(2-4-10)7-20-12(22)5-6-19(16(20)24)15-13(18)14(23)11(8-21)25-15/h1-6,11,13-15,21,23H,7-8H2/t11-,13-,14-,15-/m1/s1. The maximum atomic E-state index is 14.2. The van der Waals surface area contributed by atoms with Gasteiger partial charge in [0.05, 0.1) is 13.2 Å². The summed E-state index contributed by atoms with van der Waals surface area (Å²) >= 11 is 0. The number of hydrogen-bond acceptors (Lipinski definition) is 5. The lowest BCUT2D eigenvalue weighted by Crippen LogP contribution is -2.42. The van der Waals surface area contributed by atoms with Crippen molar-refractivity contribution in [2.24, 2.45) is 0 Å². The van der Waals surface area contributed by atoms with Crippen molar-refractivity contribution < 1.29 is 23.7 Å². The second-order valence-electron chi connectivity index (χ2n) is 5.74. The summed E-state index contributed by atoms with van der Waals surface area (Å²) in [6.45, 7) is -0.740. The average molecular weight is 354 g/mol. The molecule has 1 aromatic heterocycles. The minimum atomic E-state index is -1.94. The smallest absolute Gasteiger partial charge is 0.333 e. The lowest BCUT2D eigenvalue weighted by Gasteiger charge is -2.17. The van der Waals surface area contributed by atoms with Gasteiger partial charge in [0, 0.05) is 12.3 Å². The minimum Gasteiger partial charge on any atom is -0.394 e. The van der Waals surface area contributed by atoms with E-state index in [0.29, 0.717) is 5.56 Å². The van der Waals surface area contributed by atoms with Crippen LogP contribution in [-0.2, 0) is 11.3 Å². The van der Waals surface area contributed by atoms with Crippen LogP contribution in [0.3, 0.4) is 0 Å². The molecule has 1 aliphatic heterocycles. The molecule has 1 aliphatic rings. The van der Waals surface area contributed by atoms with Crippen LogP contribution in [0.5, 0.6) is 0 Å². The molecule has 2 aromatic rings. The molecular formula is C16H16F2N2O5. The first-order valence-corrected chi connectivity index (χ1v) is 7.57. The molecular weight excluding hydrogens is 338 g/mol. The Balaban J connectivity index is 1.97. The van der Waals surface area contributed by atoms with E-state index < -0.39 is 48.3 Å². The third kappa shape index (κ3) is 3.26. The van der Waals surface area contributed by atoms with Gasteiger partial charge in [-0.1, -0.05) is 12.1 Å². The SMILES string of the molecule is O=c1ccn([C@@H]2O[C@H](CO)[C@@H](O)[C@H]2F)c(=O)n1Cc1ccc(F)cc1. The van der Waals surface area contributed by atoms with Crippen molar-refractivity contribution in [3.63, 3.8) is 0 Å². The van der Waals surface area contributed by atoms with Gasteiger partial charge in [0.15, 0.2) is 12.4 Å². The van der Waals surface area contributed by atoms with Crippen LogP contribution >= 0.6 is 0 Å². The van der Waals surface area contributed by atoms with Crippen LogP contribution in [0.15, 0.2) is 46.1 Å². The lowest BCUT2D eigenvalue weighted by molar-refractivity contribution is -0.0496. The zero-order chi connectivity index (χ0) is 18.1. The highest BCUT2D eigenvalue weighted by atomic mass is 19.1. The van der Waals surface area contributed by atoms with Gasteiger partial charge in [0.2, 0.25) is 0 Å². The number of rotatable bonds is 4. The summed E-state index contributed by atoms with van der Waals surface area (Å²) in [5, 5.41) is 18.8. The highest BCUT2D eigenvalue weighted by Crippen LogP contribution is 2.30. The quantitative estimate of drug-likeness (QED) is 0.792. The summed E-state index contributed by atoms with van der Waals surface area (Å²) in [7, 11) is 0. The van der Waals surface area contributed by atoms with E-state index in [4.69, 9.17) is 9.84 Å². The Bertz CT molecular complexity index is 864. The van der Waals surface area contributed by atoms with Crippen LogP contribution in [0.25, 0.3) is 0 Å². The van der Waals surface area contributed by atoms with Gasteiger partial charge in [0.25, 0.3) is 5.56 Å². The van der Waals surface area contributed by atoms with E-state index in [9.17, 15) is 23.5 Å². The minimum absolute atomic E-state index is 0.131. The van der Waals surface area contributed by atoms with Gasteiger partial charge in [-0.2, -0.15) is 0 Å². The maximum Gasteiger partial charge on any atom is 0.333 e. The molecule has 3 rings (SSSR count). The van der Waals surface area contributed by atoms with Gasteiger partial charge in [-0.05, 0) is 17.7 Å². The topological polar surface area (TPSA) is 93.7 Å². The van der Waals surface area contributed by atoms with E-state index in [-0.39, 0.29) is 6.54 Å². The molecule has 1 fully saturated rings. The average Bonchev–Trinajstić information content (AvgIpc) is 2.88. The molecule has 134 valence electrons. The summed E-state index contributed by atoms with van der Waals surface area (Å²) in [5.41, 5.74) is -0.941. The van der Waals surface area contributed by atoms with Crippen LogP contribution in [0, 0.1) is 5.82 Å². The number of halogens is 2. The first-order chi connectivity index (χ1) is 11.9. The van der Waals surface area contributed by atoms with Crippen LogP contribution in [0.2, 0.25) is 0 Å². The first-order valence-electron chi connectivity index (χ1n) is 7.57. The number of aliphatic hydroxyl groups excluding tert-OH is 2. The summed E-state index contributed by atoms with van der Waals surface area (Å²) in [6, 6.07) is 6.31. The molecule has 1 saturated heterocycles. The molecule has 1 aromatic carbocycles. The van der Waals surface area contributed by atoms with Crippen molar-refractivity contribution in [3.8, 4) is 0 Å². The highest BCUT2D eigenvalue weighted by molar-refractivity contribution is 5.16. The Morgan fingerprint density at radius 3 is 2.44 bits per heavy atom. The first kappa shape index (κ1) is 17.5. The van der Waals surface area contributed by atoms with E-state index in [1.165, 1.54) is 24.3 Å². The van der Waals surface area contributed by atoms with Gasteiger partial charge in [0.1, 0.15) is 18.0 Å². The molecule has 9 heteroatoms. The fourth-order valence-corrected chi connectivity index (χ4v) is 2.72. The van der Waals surface area contributed by atoms with E-state index in [1.54, 1.807) is 0 Å². The predicted molar refractivity (Wildman–Crippen MR) is 82.4 cm³/mol. The molecule has 0 unspecified atom stereocenters. The van der Waals surface area contributed by atoms with E-state index in [0.717, 1.165) is 21.4 Å². The van der Waals surface area contributed by atoms with Crippen molar-refractivity contribution in [2.45, 2.75) is 31.2 Å². The number of nitrogens with zero attached hydrogens (tertiary/aromatic N) is 2. The summed E-state index contributed by atoms with van der Waals surface area (Å²) in [5.74, 6) is -0.453. The van der Waals surface area contributed by atoms with Gasteiger partial charge in [-0.25, -0.2) is 13.6 Å². The van der Waals surface area contributed by atoms with E-state index in [2.05, 4.69) is 0 Å². The van der Waals surface area contributed by atoms with Crippen molar-refractivity contribution in [3.05, 3.63) is 68.7 Å². The molecule has 0 aliphatic carbocycles. The Labute approximate surface area is 140 Å². The Morgan fingerprint density at radius 1 is 1.16 bits per heavy atom. The Kier molecular flexibility index (Phi) is 4.80. The molecule has 4 atom stereocenters. The fourth-order valence-electron chi connectivity index (χ4n) is 2.72. The molecule has 2 N–H and O–H groups in total. The highest BCUT2D eigenvalue weighted by Gasteiger charge is 2.45. The molecule has 0 spiro atoms.